The van der Waals surface area contributed by atoms with Gasteiger partial charge in [-0.1, -0.05) is 6.92 Å². The Labute approximate surface area is 103 Å². The van der Waals surface area contributed by atoms with Gasteiger partial charge in [0.1, 0.15) is 0 Å². The molecular formula is C9H12F9N. The Kier molecular flexibility index (Phi) is 5.56. The van der Waals surface area contributed by atoms with Gasteiger partial charge in [-0.25, -0.2) is 0 Å². The highest BCUT2D eigenvalue weighted by molar-refractivity contribution is 5.00. The Morgan fingerprint density at radius 3 is 1.63 bits per heavy atom. The summed E-state index contributed by atoms with van der Waals surface area (Å²) in [6, 6.07) is 0. The van der Waals surface area contributed by atoms with Crippen molar-refractivity contribution in [2.24, 2.45) is 0 Å². The van der Waals surface area contributed by atoms with Gasteiger partial charge in [0.15, 0.2) is 0 Å². The molecule has 0 atom stereocenters. The first-order chi connectivity index (χ1) is 8.31. The summed E-state index contributed by atoms with van der Waals surface area (Å²) in [5, 5.41) is 2.45. The van der Waals surface area contributed by atoms with E-state index in [1.54, 1.807) is 6.92 Å². The Morgan fingerprint density at radius 1 is 0.789 bits per heavy atom. The van der Waals surface area contributed by atoms with Crippen LogP contribution in [0.5, 0.6) is 0 Å². The molecule has 0 amide bonds. The van der Waals surface area contributed by atoms with Crippen LogP contribution in [0.4, 0.5) is 39.5 Å². The topological polar surface area (TPSA) is 12.0 Å². The minimum absolute atomic E-state index is 0.195. The van der Waals surface area contributed by atoms with Gasteiger partial charge < -0.3 is 5.32 Å². The van der Waals surface area contributed by atoms with Gasteiger partial charge in [-0.15, -0.1) is 0 Å². The van der Waals surface area contributed by atoms with Crippen molar-refractivity contribution in [3.63, 3.8) is 0 Å². The predicted octanol–water partition coefficient (Wildman–Crippen LogP) is 3.84. The molecule has 0 bridgehead atoms. The first kappa shape index (κ1) is 18.3. The van der Waals surface area contributed by atoms with Crippen molar-refractivity contribution in [3.05, 3.63) is 0 Å². The predicted molar refractivity (Wildman–Crippen MR) is 48.7 cm³/mol. The van der Waals surface area contributed by atoms with Crippen LogP contribution >= 0.6 is 0 Å². The Hall–Kier alpha value is -0.670. The van der Waals surface area contributed by atoms with E-state index in [1.807, 2.05) is 0 Å². The monoisotopic (exact) mass is 305 g/mol. The van der Waals surface area contributed by atoms with Crippen LogP contribution in [0.15, 0.2) is 0 Å². The standard InChI is InChI=1S/C9H12F9N/c1-2-19-5-3-4-6(10,11)7(12,13)8(14,15)9(16,17)18/h19H,2-5H2,1H3. The summed E-state index contributed by atoms with van der Waals surface area (Å²) in [5.41, 5.74) is 0. The molecule has 0 heterocycles. The lowest BCUT2D eigenvalue weighted by Gasteiger charge is -2.33. The highest BCUT2D eigenvalue weighted by atomic mass is 19.4. The van der Waals surface area contributed by atoms with Crippen molar-refractivity contribution < 1.29 is 39.5 Å². The summed E-state index contributed by atoms with van der Waals surface area (Å²) in [7, 11) is 0. The maximum atomic E-state index is 12.9. The molecule has 0 aliphatic rings. The molecule has 0 fully saturated rings. The van der Waals surface area contributed by atoms with Gasteiger partial charge in [0.2, 0.25) is 0 Å². The van der Waals surface area contributed by atoms with Crippen LogP contribution in [0.25, 0.3) is 0 Å². The summed E-state index contributed by atoms with van der Waals surface area (Å²) in [4.78, 5) is 0. The minimum Gasteiger partial charge on any atom is -0.317 e. The van der Waals surface area contributed by atoms with Gasteiger partial charge in [0.05, 0.1) is 0 Å². The molecule has 0 saturated carbocycles. The van der Waals surface area contributed by atoms with Crippen LogP contribution < -0.4 is 5.32 Å². The highest BCUT2D eigenvalue weighted by Crippen LogP contribution is 2.54. The van der Waals surface area contributed by atoms with Gasteiger partial charge in [-0.2, -0.15) is 39.5 Å². The fourth-order valence-corrected chi connectivity index (χ4v) is 1.18. The van der Waals surface area contributed by atoms with Crippen LogP contribution in [0.2, 0.25) is 0 Å². The molecule has 0 aromatic heterocycles. The van der Waals surface area contributed by atoms with Crippen molar-refractivity contribution in [1.29, 1.82) is 0 Å². The first-order valence-electron chi connectivity index (χ1n) is 5.22. The summed E-state index contributed by atoms with van der Waals surface area (Å²) < 4.78 is 111. The van der Waals surface area contributed by atoms with Crippen molar-refractivity contribution in [3.8, 4) is 0 Å². The van der Waals surface area contributed by atoms with E-state index in [0.717, 1.165) is 0 Å². The maximum Gasteiger partial charge on any atom is 0.460 e. The first-order valence-corrected chi connectivity index (χ1v) is 5.22. The SMILES string of the molecule is CCNCCCC(F)(F)C(F)(F)C(F)(F)C(F)(F)F. The lowest BCUT2D eigenvalue weighted by Crippen LogP contribution is -2.60. The molecule has 1 nitrogen and oxygen atoms in total. The molecule has 0 aliphatic heterocycles. The van der Waals surface area contributed by atoms with Gasteiger partial charge in [0.25, 0.3) is 0 Å². The summed E-state index contributed by atoms with van der Waals surface area (Å²) in [5.74, 6) is -18.7. The Balaban J connectivity index is 4.96. The Bertz CT molecular complexity index is 284. The van der Waals surface area contributed by atoms with E-state index in [2.05, 4.69) is 5.32 Å². The van der Waals surface area contributed by atoms with Crippen molar-refractivity contribution in [1.82, 2.24) is 5.32 Å². The molecule has 1 N–H and O–H groups in total. The van der Waals surface area contributed by atoms with Gasteiger partial charge in [0, 0.05) is 6.42 Å². The third kappa shape index (κ3) is 3.67. The number of hydrogen-bond acceptors (Lipinski definition) is 1. The molecule has 19 heavy (non-hydrogen) atoms. The normalized spacial score (nSPS) is 14.8. The fraction of sp³-hybridized carbons (Fsp3) is 1.00. The lowest BCUT2D eigenvalue weighted by molar-refractivity contribution is -0.396. The molecule has 0 radical (unpaired) electrons. The number of halogens is 9. The molecule has 0 spiro atoms. The van der Waals surface area contributed by atoms with E-state index in [1.165, 1.54) is 0 Å². The zero-order valence-corrected chi connectivity index (χ0v) is 9.73. The molecule has 0 rings (SSSR count). The van der Waals surface area contributed by atoms with E-state index in [-0.39, 0.29) is 6.54 Å². The quantitative estimate of drug-likeness (QED) is 0.556. The number of hydrogen-bond donors (Lipinski definition) is 1. The molecule has 0 aliphatic carbocycles. The molecule has 0 unspecified atom stereocenters. The minimum atomic E-state index is -6.79. The van der Waals surface area contributed by atoms with Crippen LogP contribution in [0, 0.1) is 0 Å². The van der Waals surface area contributed by atoms with E-state index in [9.17, 15) is 39.5 Å². The smallest absolute Gasteiger partial charge is 0.317 e. The van der Waals surface area contributed by atoms with Crippen LogP contribution in [0.1, 0.15) is 19.8 Å². The second-order valence-electron chi connectivity index (χ2n) is 3.81. The number of alkyl halides is 9. The van der Waals surface area contributed by atoms with E-state index in [4.69, 9.17) is 0 Å². The van der Waals surface area contributed by atoms with Crippen molar-refractivity contribution in [2.75, 3.05) is 13.1 Å². The van der Waals surface area contributed by atoms with Crippen molar-refractivity contribution in [2.45, 2.75) is 43.7 Å². The Morgan fingerprint density at radius 2 is 1.26 bits per heavy atom. The maximum absolute atomic E-state index is 12.9. The largest absolute Gasteiger partial charge is 0.460 e. The zero-order chi connectivity index (χ0) is 15.5. The fourth-order valence-electron chi connectivity index (χ4n) is 1.18. The summed E-state index contributed by atoms with van der Waals surface area (Å²) in [6.07, 6.45) is -9.19. The number of nitrogens with one attached hydrogen (secondary N) is 1. The lowest BCUT2D eigenvalue weighted by atomic mass is 9.99. The van der Waals surface area contributed by atoms with Crippen LogP contribution in [-0.4, -0.2) is 37.0 Å². The summed E-state index contributed by atoms with van der Waals surface area (Å²) in [6.45, 7) is 1.70. The van der Waals surface area contributed by atoms with E-state index >= 15 is 0 Å². The molecule has 0 aromatic rings. The molecule has 116 valence electrons. The zero-order valence-electron chi connectivity index (χ0n) is 9.73. The average Bonchev–Trinajstić information content (AvgIpc) is 2.22. The molecule has 0 saturated heterocycles. The molecule has 10 heteroatoms. The highest BCUT2D eigenvalue weighted by Gasteiger charge is 2.81. The number of rotatable bonds is 7. The summed E-state index contributed by atoms with van der Waals surface area (Å²) >= 11 is 0. The van der Waals surface area contributed by atoms with Gasteiger partial charge >= 0.3 is 23.9 Å². The van der Waals surface area contributed by atoms with E-state index in [0.29, 0.717) is 6.54 Å². The third-order valence-corrected chi connectivity index (χ3v) is 2.30. The molecular weight excluding hydrogens is 293 g/mol. The van der Waals surface area contributed by atoms with E-state index < -0.39 is 36.8 Å². The van der Waals surface area contributed by atoms with Crippen LogP contribution in [-0.2, 0) is 0 Å². The third-order valence-electron chi connectivity index (χ3n) is 2.30. The van der Waals surface area contributed by atoms with Crippen LogP contribution in [0.3, 0.4) is 0 Å². The van der Waals surface area contributed by atoms with Gasteiger partial charge in [-0.3, -0.25) is 0 Å². The molecule has 0 aromatic carbocycles. The van der Waals surface area contributed by atoms with Gasteiger partial charge in [-0.05, 0) is 19.5 Å². The second-order valence-corrected chi connectivity index (χ2v) is 3.81. The second kappa shape index (κ2) is 5.76. The average molecular weight is 305 g/mol. The van der Waals surface area contributed by atoms with Crippen molar-refractivity contribution >= 4 is 0 Å².